The standard InChI is InChI=1S/C12H18N2O2/c1-9(8-15)14-7-10-3-5-11(6-4-10)12(16)13-2/h3-6,9,14-15H,7-8H2,1-2H3,(H,13,16)/t9-/m1/s1. The van der Waals surface area contributed by atoms with E-state index in [1.165, 1.54) is 0 Å². The lowest BCUT2D eigenvalue weighted by Gasteiger charge is -2.10. The summed E-state index contributed by atoms with van der Waals surface area (Å²) in [6.45, 7) is 2.73. The maximum atomic E-state index is 11.3. The van der Waals surface area contributed by atoms with Gasteiger partial charge in [-0.2, -0.15) is 0 Å². The zero-order valence-electron chi connectivity index (χ0n) is 9.66. The third-order valence-corrected chi connectivity index (χ3v) is 2.37. The minimum Gasteiger partial charge on any atom is -0.395 e. The van der Waals surface area contributed by atoms with Crippen LogP contribution in [0.2, 0.25) is 0 Å². The van der Waals surface area contributed by atoms with Crippen molar-refractivity contribution >= 4 is 5.91 Å². The number of rotatable bonds is 5. The molecule has 0 spiro atoms. The largest absolute Gasteiger partial charge is 0.395 e. The van der Waals surface area contributed by atoms with Crippen molar-refractivity contribution in [3.63, 3.8) is 0 Å². The van der Waals surface area contributed by atoms with Crippen LogP contribution in [0.4, 0.5) is 0 Å². The Morgan fingerprint density at radius 2 is 2.00 bits per heavy atom. The van der Waals surface area contributed by atoms with Crippen molar-refractivity contribution in [3.05, 3.63) is 35.4 Å². The second-order valence-electron chi connectivity index (χ2n) is 3.74. The van der Waals surface area contributed by atoms with Crippen molar-refractivity contribution in [2.45, 2.75) is 19.5 Å². The molecule has 3 N–H and O–H groups in total. The zero-order chi connectivity index (χ0) is 12.0. The van der Waals surface area contributed by atoms with E-state index in [9.17, 15) is 4.79 Å². The molecule has 1 aromatic carbocycles. The van der Waals surface area contributed by atoms with Crippen molar-refractivity contribution in [2.24, 2.45) is 0 Å². The third-order valence-electron chi connectivity index (χ3n) is 2.37. The first-order chi connectivity index (χ1) is 7.67. The fourth-order valence-electron chi connectivity index (χ4n) is 1.27. The van der Waals surface area contributed by atoms with Crippen molar-refractivity contribution in [1.29, 1.82) is 0 Å². The molecule has 1 rings (SSSR count). The van der Waals surface area contributed by atoms with Gasteiger partial charge in [0.2, 0.25) is 0 Å². The van der Waals surface area contributed by atoms with E-state index in [0.717, 1.165) is 5.56 Å². The molecule has 0 saturated heterocycles. The highest BCUT2D eigenvalue weighted by Gasteiger charge is 2.03. The molecule has 1 atom stereocenters. The Labute approximate surface area is 95.7 Å². The van der Waals surface area contributed by atoms with Crippen LogP contribution in [0.1, 0.15) is 22.8 Å². The van der Waals surface area contributed by atoms with Gasteiger partial charge in [0.25, 0.3) is 5.91 Å². The Bertz CT molecular complexity index is 335. The number of amides is 1. The Balaban J connectivity index is 2.54. The topological polar surface area (TPSA) is 61.4 Å². The quantitative estimate of drug-likeness (QED) is 0.680. The first kappa shape index (κ1) is 12.7. The Kier molecular flexibility index (Phi) is 4.95. The van der Waals surface area contributed by atoms with Gasteiger partial charge in [0.15, 0.2) is 0 Å². The predicted molar refractivity (Wildman–Crippen MR) is 63.2 cm³/mol. The van der Waals surface area contributed by atoms with Gasteiger partial charge >= 0.3 is 0 Å². The second-order valence-corrected chi connectivity index (χ2v) is 3.74. The smallest absolute Gasteiger partial charge is 0.251 e. The molecule has 0 radical (unpaired) electrons. The molecule has 0 aliphatic carbocycles. The third kappa shape index (κ3) is 3.64. The van der Waals surface area contributed by atoms with Gasteiger partial charge in [0.05, 0.1) is 6.61 Å². The first-order valence-electron chi connectivity index (χ1n) is 5.32. The zero-order valence-corrected chi connectivity index (χ0v) is 9.66. The van der Waals surface area contributed by atoms with Crippen molar-refractivity contribution < 1.29 is 9.90 Å². The van der Waals surface area contributed by atoms with Crippen LogP contribution in [-0.2, 0) is 6.54 Å². The van der Waals surface area contributed by atoms with Crippen LogP contribution in [0.3, 0.4) is 0 Å². The van der Waals surface area contributed by atoms with E-state index in [2.05, 4.69) is 10.6 Å². The Hall–Kier alpha value is -1.39. The summed E-state index contributed by atoms with van der Waals surface area (Å²) in [5.74, 6) is -0.0803. The highest BCUT2D eigenvalue weighted by molar-refractivity contribution is 5.93. The summed E-state index contributed by atoms with van der Waals surface area (Å²) in [5, 5.41) is 14.6. The molecule has 16 heavy (non-hydrogen) atoms. The van der Waals surface area contributed by atoms with Gasteiger partial charge in [-0.05, 0) is 24.6 Å². The normalized spacial score (nSPS) is 12.2. The number of carbonyl (C=O) groups is 1. The number of hydrogen-bond acceptors (Lipinski definition) is 3. The van der Waals surface area contributed by atoms with Gasteiger partial charge in [0.1, 0.15) is 0 Å². The second kappa shape index (κ2) is 6.25. The van der Waals surface area contributed by atoms with Crippen LogP contribution >= 0.6 is 0 Å². The molecule has 0 aliphatic heterocycles. The number of aliphatic hydroxyl groups excluding tert-OH is 1. The molecule has 0 bridgehead atoms. The van der Waals surface area contributed by atoms with E-state index in [1.807, 2.05) is 19.1 Å². The van der Waals surface area contributed by atoms with Gasteiger partial charge < -0.3 is 15.7 Å². The molecule has 0 unspecified atom stereocenters. The van der Waals surface area contributed by atoms with Crippen LogP contribution in [0.25, 0.3) is 0 Å². The van der Waals surface area contributed by atoms with Crippen LogP contribution in [-0.4, -0.2) is 30.7 Å². The molecular formula is C12H18N2O2. The minimum atomic E-state index is -0.0803. The van der Waals surface area contributed by atoms with Gasteiger partial charge in [0, 0.05) is 25.2 Å². The van der Waals surface area contributed by atoms with E-state index in [0.29, 0.717) is 12.1 Å². The molecule has 0 aromatic heterocycles. The molecule has 1 amide bonds. The molecule has 0 aliphatic rings. The Morgan fingerprint density at radius 3 is 2.50 bits per heavy atom. The molecule has 4 nitrogen and oxygen atoms in total. The summed E-state index contributed by atoms with van der Waals surface area (Å²) in [5.41, 5.74) is 1.74. The van der Waals surface area contributed by atoms with E-state index in [-0.39, 0.29) is 18.6 Å². The van der Waals surface area contributed by atoms with Gasteiger partial charge in [-0.3, -0.25) is 4.79 Å². The van der Waals surface area contributed by atoms with E-state index in [4.69, 9.17) is 5.11 Å². The summed E-state index contributed by atoms with van der Waals surface area (Å²) < 4.78 is 0. The van der Waals surface area contributed by atoms with Crippen molar-refractivity contribution in [3.8, 4) is 0 Å². The molecule has 4 heteroatoms. The van der Waals surface area contributed by atoms with Gasteiger partial charge in [-0.1, -0.05) is 12.1 Å². The van der Waals surface area contributed by atoms with Crippen LogP contribution in [0, 0.1) is 0 Å². The summed E-state index contributed by atoms with van der Waals surface area (Å²) in [6, 6.07) is 7.47. The molecule has 0 saturated carbocycles. The molecule has 0 fully saturated rings. The van der Waals surface area contributed by atoms with E-state index < -0.39 is 0 Å². The number of carbonyl (C=O) groups excluding carboxylic acids is 1. The summed E-state index contributed by atoms with van der Waals surface area (Å²) >= 11 is 0. The van der Waals surface area contributed by atoms with E-state index in [1.54, 1.807) is 19.2 Å². The number of benzene rings is 1. The van der Waals surface area contributed by atoms with Crippen LogP contribution in [0.5, 0.6) is 0 Å². The van der Waals surface area contributed by atoms with Crippen molar-refractivity contribution in [1.82, 2.24) is 10.6 Å². The summed E-state index contributed by atoms with van der Waals surface area (Å²) in [7, 11) is 1.61. The highest BCUT2D eigenvalue weighted by atomic mass is 16.3. The lowest BCUT2D eigenvalue weighted by atomic mass is 10.1. The first-order valence-corrected chi connectivity index (χ1v) is 5.32. The number of hydrogen-bond donors (Lipinski definition) is 3. The molecule has 1 aromatic rings. The fraction of sp³-hybridized carbons (Fsp3) is 0.417. The molecule has 0 heterocycles. The SMILES string of the molecule is CNC(=O)c1ccc(CN[C@H](C)CO)cc1. The van der Waals surface area contributed by atoms with E-state index >= 15 is 0 Å². The highest BCUT2D eigenvalue weighted by Crippen LogP contribution is 2.04. The summed E-state index contributed by atoms with van der Waals surface area (Å²) in [4.78, 5) is 11.3. The number of nitrogens with one attached hydrogen (secondary N) is 2. The van der Waals surface area contributed by atoms with Gasteiger partial charge in [-0.25, -0.2) is 0 Å². The maximum absolute atomic E-state index is 11.3. The fourth-order valence-corrected chi connectivity index (χ4v) is 1.27. The molecule has 88 valence electrons. The monoisotopic (exact) mass is 222 g/mol. The van der Waals surface area contributed by atoms with Gasteiger partial charge in [-0.15, -0.1) is 0 Å². The molecular weight excluding hydrogens is 204 g/mol. The average Bonchev–Trinajstić information content (AvgIpc) is 2.35. The lowest BCUT2D eigenvalue weighted by Crippen LogP contribution is -2.28. The Morgan fingerprint density at radius 1 is 1.38 bits per heavy atom. The van der Waals surface area contributed by atoms with Crippen LogP contribution in [0.15, 0.2) is 24.3 Å². The van der Waals surface area contributed by atoms with Crippen LogP contribution < -0.4 is 10.6 Å². The lowest BCUT2D eigenvalue weighted by molar-refractivity contribution is 0.0963. The predicted octanol–water partition coefficient (Wildman–Crippen LogP) is 0.517. The summed E-state index contributed by atoms with van der Waals surface area (Å²) in [6.07, 6.45) is 0. The van der Waals surface area contributed by atoms with Crippen molar-refractivity contribution in [2.75, 3.05) is 13.7 Å². The number of aliphatic hydroxyl groups is 1. The maximum Gasteiger partial charge on any atom is 0.251 e. The average molecular weight is 222 g/mol. The minimum absolute atomic E-state index is 0.0803.